The molecule has 0 aliphatic carbocycles. The Balaban J connectivity index is 1.95. The highest BCUT2D eigenvalue weighted by Gasteiger charge is 2.09. The second-order valence-corrected chi connectivity index (χ2v) is 5.00. The Hall–Kier alpha value is -3.15. The van der Waals surface area contributed by atoms with Crippen molar-refractivity contribution in [2.45, 2.75) is 6.92 Å². The van der Waals surface area contributed by atoms with E-state index in [0.717, 1.165) is 0 Å². The Morgan fingerprint density at radius 3 is 2.38 bits per heavy atom. The molecule has 1 amide bonds. The number of hydrogen-bond donors (Lipinski definition) is 1. The molecule has 0 bridgehead atoms. The number of rotatable bonds is 7. The fourth-order valence-corrected chi connectivity index (χ4v) is 2.01. The Bertz CT molecular complexity index is 753. The number of Topliss-reactive ketones (excluding diaryl/α,β-unsaturated/α-hetero) is 1. The van der Waals surface area contributed by atoms with Crippen LogP contribution < -0.4 is 14.8 Å². The molecule has 2 aromatic rings. The lowest BCUT2D eigenvalue weighted by Crippen LogP contribution is -2.20. The maximum absolute atomic E-state index is 11.9. The maximum Gasteiger partial charge on any atom is 0.262 e. The SMILES string of the molecule is COc1cc(C=O)ccc1OCC(=O)Nc1ccc(C(C)=O)cc1. The third kappa shape index (κ3) is 4.42. The van der Waals surface area contributed by atoms with Crippen molar-refractivity contribution < 1.29 is 23.9 Å². The predicted molar refractivity (Wildman–Crippen MR) is 89.0 cm³/mol. The summed E-state index contributed by atoms with van der Waals surface area (Å²) in [6.07, 6.45) is 0.698. The first kappa shape index (κ1) is 17.2. The van der Waals surface area contributed by atoms with Gasteiger partial charge in [0.05, 0.1) is 7.11 Å². The number of benzene rings is 2. The van der Waals surface area contributed by atoms with Crippen molar-refractivity contribution >= 4 is 23.7 Å². The van der Waals surface area contributed by atoms with Gasteiger partial charge in [-0.25, -0.2) is 0 Å². The highest BCUT2D eigenvalue weighted by Crippen LogP contribution is 2.27. The first-order valence-corrected chi connectivity index (χ1v) is 7.20. The van der Waals surface area contributed by atoms with Gasteiger partial charge in [0.25, 0.3) is 5.91 Å². The van der Waals surface area contributed by atoms with Crippen LogP contribution in [0.25, 0.3) is 0 Å². The number of anilines is 1. The van der Waals surface area contributed by atoms with Crippen molar-refractivity contribution in [3.05, 3.63) is 53.6 Å². The summed E-state index contributed by atoms with van der Waals surface area (Å²) in [6.45, 7) is 1.26. The third-order valence-electron chi connectivity index (χ3n) is 3.26. The average Bonchev–Trinajstić information content (AvgIpc) is 2.60. The van der Waals surface area contributed by atoms with Gasteiger partial charge in [0.2, 0.25) is 0 Å². The summed E-state index contributed by atoms with van der Waals surface area (Å²) >= 11 is 0. The molecule has 6 nitrogen and oxygen atoms in total. The summed E-state index contributed by atoms with van der Waals surface area (Å²) in [4.78, 5) is 33.9. The van der Waals surface area contributed by atoms with Gasteiger partial charge in [-0.1, -0.05) is 0 Å². The molecule has 2 rings (SSSR count). The molecule has 0 aromatic heterocycles. The third-order valence-corrected chi connectivity index (χ3v) is 3.26. The van der Waals surface area contributed by atoms with Crippen molar-refractivity contribution in [3.8, 4) is 11.5 Å². The van der Waals surface area contributed by atoms with E-state index in [4.69, 9.17) is 9.47 Å². The summed E-state index contributed by atoms with van der Waals surface area (Å²) in [5.74, 6) is 0.345. The quantitative estimate of drug-likeness (QED) is 0.624. The molecular formula is C18H17NO5. The minimum Gasteiger partial charge on any atom is -0.493 e. The number of ketones is 1. The molecule has 6 heteroatoms. The van der Waals surface area contributed by atoms with Gasteiger partial charge in [-0.3, -0.25) is 14.4 Å². The number of nitrogens with one attached hydrogen (secondary N) is 1. The zero-order valence-corrected chi connectivity index (χ0v) is 13.4. The van der Waals surface area contributed by atoms with Gasteiger partial charge >= 0.3 is 0 Å². The van der Waals surface area contributed by atoms with Gasteiger partial charge in [0.1, 0.15) is 6.29 Å². The zero-order chi connectivity index (χ0) is 17.5. The monoisotopic (exact) mass is 327 g/mol. The molecule has 0 heterocycles. The van der Waals surface area contributed by atoms with Crippen LogP contribution in [0, 0.1) is 0 Å². The molecular weight excluding hydrogens is 310 g/mol. The van der Waals surface area contributed by atoms with Gasteiger partial charge in [-0.05, 0) is 49.4 Å². The van der Waals surface area contributed by atoms with Crippen LogP contribution in [0.4, 0.5) is 5.69 Å². The van der Waals surface area contributed by atoms with E-state index in [9.17, 15) is 14.4 Å². The van der Waals surface area contributed by atoms with Gasteiger partial charge < -0.3 is 14.8 Å². The topological polar surface area (TPSA) is 81.7 Å². The van der Waals surface area contributed by atoms with E-state index >= 15 is 0 Å². The minimum absolute atomic E-state index is 0.0397. The van der Waals surface area contributed by atoms with Crippen molar-refractivity contribution in [3.63, 3.8) is 0 Å². The van der Waals surface area contributed by atoms with E-state index in [-0.39, 0.29) is 18.3 Å². The normalized spacial score (nSPS) is 9.92. The molecule has 0 aliphatic heterocycles. The largest absolute Gasteiger partial charge is 0.493 e. The Labute approximate surface area is 139 Å². The Morgan fingerprint density at radius 1 is 1.08 bits per heavy atom. The van der Waals surface area contributed by atoms with Crippen LogP contribution in [0.2, 0.25) is 0 Å². The van der Waals surface area contributed by atoms with Crippen LogP contribution in [-0.2, 0) is 4.79 Å². The highest BCUT2D eigenvalue weighted by atomic mass is 16.5. The lowest BCUT2D eigenvalue weighted by atomic mass is 10.1. The molecule has 2 aromatic carbocycles. The standard InChI is InChI=1S/C18H17NO5/c1-12(21)14-4-6-15(7-5-14)19-18(22)11-24-16-8-3-13(10-20)9-17(16)23-2/h3-10H,11H2,1-2H3,(H,19,22). The van der Waals surface area contributed by atoms with Crippen molar-refractivity contribution in [2.75, 3.05) is 19.0 Å². The molecule has 24 heavy (non-hydrogen) atoms. The van der Waals surface area contributed by atoms with E-state index in [0.29, 0.717) is 34.6 Å². The number of carbonyl (C=O) groups is 3. The molecule has 1 N–H and O–H groups in total. The van der Waals surface area contributed by atoms with Crippen molar-refractivity contribution in [2.24, 2.45) is 0 Å². The first-order valence-electron chi connectivity index (χ1n) is 7.20. The second-order valence-electron chi connectivity index (χ2n) is 5.00. The lowest BCUT2D eigenvalue weighted by molar-refractivity contribution is -0.118. The van der Waals surface area contributed by atoms with E-state index in [2.05, 4.69) is 5.32 Å². The van der Waals surface area contributed by atoms with Crippen LogP contribution in [-0.4, -0.2) is 31.7 Å². The molecule has 0 aliphatic rings. The fraction of sp³-hybridized carbons (Fsp3) is 0.167. The number of carbonyl (C=O) groups excluding carboxylic acids is 3. The molecule has 0 spiro atoms. The van der Waals surface area contributed by atoms with E-state index in [1.807, 2.05) is 0 Å². The zero-order valence-electron chi connectivity index (χ0n) is 13.4. The van der Waals surface area contributed by atoms with Crippen molar-refractivity contribution in [1.29, 1.82) is 0 Å². The predicted octanol–water partition coefficient (Wildman–Crippen LogP) is 2.73. The first-order chi connectivity index (χ1) is 11.5. The summed E-state index contributed by atoms with van der Waals surface area (Å²) in [5, 5.41) is 2.67. The Kier molecular flexibility index (Phi) is 5.68. The van der Waals surface area contributed by atoms with E-state index < -0.39 is 0 Å². The number of ether oxygens (including phenoxy) is 2. The molecule has 0 radical (unpaired) electrons. The van der Waals surface area contributed by atoms with E-state index in [1.54, 1.807) is 36.4 Å². The molecule has 0 unspecified atom stereocenters. The summed E-state index contributed by atoms with van der Waals surface area (Å²) < 4.78 is 10.5. The fourth-order valence-electron chi connectivity index (χ4n) is 2.01. The second kappa shape index (κ2) is 7.92. The summed E-state index contributed by atoms with van der Waals surface area (Å²) in [5.41, 5.74) is 1.59. The van der Waals surface area contributed by atoms with Crippen LogP contribution >= 0.6 is 0 Å². The Morgan fingerprint density at radius 2 is 1.79 bits per heavy atom. The number of methoxy groups -OCH3 is 1. The number of aldehydes is 1. The molecule has 0 saturated heterocycles. The lowest BCUT2D eigenvalue weighted by Gasteiger charge is -2.11. The van der Waals surface area contributed by atoms with Gasteiger partial charge in [-0.15, -0.1) is 0 Å². The van der Waals surface area contributed by atoms with Crippen LogP contribution in [0.1, 0.15) is 27.6 Å². The molecule has 0 saturated carbocycles. The minimum atomic E-state index is -0.355. The smallest absolute Gasteiger partial charge is 0.262 e. The van der Waals surface area contributed by atoms with Crippen LogP contribution in [0.3, 0.4) is 0 Å². The highest BCUT2D eigenvalue weighted by molar-refractivity contribution is 5.96. The molecule has 124 valence electrons. The maximum atomic E-state index is 11.9. The van der Waals surface area contributed by atoms with Gasteiger partial charge in [0.15, 0.2) is 23.9 Å². The summed E-state index contributed by atoms with van der Waals surface area (Å²) in [7, 11) is 1.45. The average molecular weight is 327 g/mol. The van der Waals surface area contributed by atoms with E-state index in [1.165, 1.54) is 20.1 Å². The van der Waals surface area contributed by atoms with Crippen molar-refractivity contribution in [1.82, 2.24) is 0 Å². The number of hydrogen-bond acceptors (Lipinski definition) is 5. The number of amides is 1. The van der Waals surface area contributed by atoms with Gasteiger partial charge in [0, 0.05) is 16.8 Å². The van der Waals surface area contributed by atoms with Gasteiger partial charge in [-0.2, -0.15) is 0 Å². The van der Waals surface area contributed by atoms with Crippen LogP contribution in [0.15, 0.2) is 42.5 Å². The summed E-state index contributed by atoms with van der Waals surface area (Å²) in [6, 6.07) is 11.2. The molecule has 0 fully saturated rings. The van der Waals surface area contributed by atoms with Crippen LogP contribution in [0.5, 0.6) is 11.5 Å². The molecule has 0 atom stereocenters.